The fourth-order valence-corrected chi connectivity index (χ4v) is 2.80. The molecule has 0 bridgehead atoms. The molecule has 0 saturated carbocycles. The van der Waals surface area contributed by atoms with E-state index in [1.54, 1.807) is 0 Å². The number of rotatable bonds is 1. The van der Waals surface area contributed by atoms with Gasteiger partial charge in [-0.2, -0.15) is 0 Å². The highest BCUT2D eigenvalue weighted by atomic mass is 15.1. The van der Waals surface area contributed by atoms with Gasteiger partial charge < -0.3 is 9.88 Å². The number of hydrogen-bond donors (Lipinski definition) is 1. The lowest BCUT2D eigenvalue weighted by atomic mass is 10.0. The van der Waals surface area contributed by atoms with Gasteiger partial charge in [-0.1, -0.05) is 0 Å². The Balaban J connectivity index is 2.23. The van der Waals surface area contributed by atoms with Crippen LogP contribution in [0.3, 0.4) is 0 Å². The fourth-order valence-electron chi connectivity index (χ4n) is 2.80. The Morgan fingerprint density at radius 3 is 2.89 bits per heavy atom. The molecule has 2 aromatic rings. The Hall–Kier alpha value is -1.42. The minimum absolute atomic E-state index is 0.0496. The molecule has 0 amide bonds. The van der Waals surface area contributed by atoms with E-state index in [-0.39, 0.29) is 5.54 Å². The maximum Gasteiger partial charge on any atom is 0.114 e. The molecule has 1 N–H and O–H groups in total. The molecule has 1 atom stereocenters. The molecule has 0 aromatic carbocycles. The van der Waals surface area contributed by atoms with Crippen molar-refractivity contribution in [1.29, 1.82) is 0 Å². The molecule has 0 spiro atoms. The highest BCUT2D eigenvalue weighted by Crippen LogP contribution is 2.31. The molecule has 1 fully saturated rings. The number of aromatic nitrogens is 3. The summed E-state index contributed by atoms with van der Waals surface area (Å²) in [5.74, 6) is 1.73. The molecule has 1 aliphatic heterocycles. The molecular weight excluding hydrogens is 224 g/mol. The van der Waals surface area contributed by atoms with Gasteiger partial charge in [0.05, 0.1) is 11.7 Å². The third kappa shape index (κ3) is 1.81. The summed E-state index contributed by atoms with van der Waals surface area (Å²) in [6, 6.07) is 2.07. The molecule has 4 nitrogen and oxygen atoms in total. The highest BCUT2D eigenvalue weighted by Gasteiger charge is 2.28. The van der Waals surface area contributed by atoms with Crippen LogP contribution in [0.4, 0.5) is 0 Å². The van der Waals surface area contributed by atoms with Crippen molar-refractivity contribution in [2.75, 3.05) is 13.1 Å². The van der Waals surface area contributed by atoms with Crippen molar-refractivity contribution in [1.82, 2.24) is 19.9 Å². The Morgan fingerprint density at radius 1 is 1.39 bits per heavy atom. The van der Waals surface area contributed by atoms with Crippen molar-refractivity contribution in [3.63, 3.8) is 0 Å². The molecule has 4 heteroatoms. The molecule has 96 valence electrons. The number of nitrogens with one attached hydrogen (secondary N) is 1. The Morgan fingerprint density at radius 2 is 2.22 bits per heavy atom. The smallest absolute Gasteiger partial charge is 0.114 e. The van der Waals surface area contributed by atoms with Crippen LogP contribution in [0.1, 0.15) is 38.9 Å². The van der Waals surface area contributed by atoms with Gasteiger partial charge in [0.15, 0.2) is 0 Å². The van der Waals surface area contributed by atoms with Crippen LogP contribution < -0.4 is 5.32 Å². The molecule has 1 saturated heterocycles. The van der Waals surface area contributed by atoms with Crippen LogP contribution in [0.25, 0.3) is 11.0 Å². The second-order valence-electron chi connectivity index (χ2n) is 6.03. The summed E-state index contributed by atoms with van der Waals surface area (Å²) in [5, 5.41) is 3.42. The standard InChI is InChI=1S/C14H20N4/c1-14(2,3)18-12-5-7-16-9-11(12)17-13(18)10-4-6-15-8-10/h5,7,9-10,15H,4,6,8H2,1-3H3. The van der Waals surface area contributed by atoms with Crippen LogP contribution in [0.5, 0.6) is 0 Å². The first-order valence-electron chi connectivity index (χ1n) is 6.61. The lowest BCUT2D eigenvalue weighted by Gasteiger charge is -2.26. The Kier molecular flexibility index (Phi) is 2.63. The Bertz CT molecular complexity index is 559. The van der Waals surface area contributed by atoms with Crippen molar-refractivity contribution in [2.24, 2.45) is 0 Å². The first-order valence-corrected chi connectivity index (χ1v) is 6.61. The average molecular weight is 244 g/mol. The zero-order valence-electron chi connectivity index (χ0n) is 11.3. The third-order valence-corrected chi connectivity index (χ3v) is 3.58. The predicted molar refractivity (Wildman–Crippen MR) is 72.8 cm³/mol. The fraction of sp³-hybridized carbons (Fsp3) is 0.571. The number of hydrogen-bond acceptors (Lipinski definition) is 3. The van der Waals surface area contributed by atoms with Crippen molar-refractivity contribution in [3.05, 3.63) is 24.3 Å². The van der Waals surface area contributed by atoms with Gasteiger partial charge in [0, 0.05) is 24.2 Å². The van der Waals surface area contributed by atoms with Crippen molar-refractivity contribution < 1.29 is 0 Å². The minimum atomic E-state index is 0.0496. The second-order valence-corrected chi connectivity index (χ2v) is 6.03. The summed E-state index contributed by atoms with van der Waals surface area (Å²) in [7, 11) is 0. The van der Waals surface area contributed by atoms with E-state index in [0.717, 1.165) is 18.6 Å². The quantitative estimate of drug-likeness (QED) is 0.836. The average Bonchev–Trinajstić information content (AvgIpc) is 2.94. The molecule has 0 radical (unpaired) electrons. The maximum atomic E-state index is 4.82. The highest BCUT2D eigenvalue weighted by molar-refractivity contribution is 5.75. The van der Waals surface area contributed by atoms with Crippen LogP contribution in [0.2, 0.25) is 0 Å². The molecule has 3 heterocycles. The van der Waals surface area contributed by atoms with E-state index in [4.69, 9.17) is 4.98 Å². The first kappa shape index (κ1) is 11.7. The second kappa shape index (κ2) is 4.05. The van der Waals surface area contributed by atoms with E-state index in [1.807, 2.05) is 12.4 Å². The third-order valence-electron chi connectivity index (χ3n) is 3.58. The van der Waals surface area contributed by atoms with Gasteiger partial charge in [-0.15, -0.1) is 0 Å². The summed E-state index contributed by atoms with van der Waals surface area (Å²) < 4.78 is 2.38. The summed E-state index contributed by atoms with van der Waals surface area (Å²) >= 11 is 0. The van der Waals surface area contributed by atoms with Gasteiger partial charge >= 0.3 is 0 Å². The topological polar surface area (TPSA) is 42.7 Å². The molecule has 2 aromatic heterocycles. The van der Waals surface area contributed by atoms with Crippen LogP contribution in [-0.4, -0.2) is 27.6 Å². The molecule has 3 rings (SSSR count). The molecule has 1 unspecified atom stereocenters. The van der Waals surface area contributed by atoms with E-state index >= 15 is 0 Å². The van der Waals surface area contributed by atoms with Gasteiger partial charge in [0.1, 0.15) is 11.3 Å². The van der Waals surface area contributed by atoms with Gasteiger partial charge in [-0.05, 0) is 39.8 Å². The van der Waals surface area contributed by atoms with Crippen LogP contribution in [-0.2, 0) is 5.54 Å². The van der Waals surface area contributed by atoms with Crippen molar-refractivity contribution in [3.8, 4) is 0 Å². The summed E-state index contributed by atoms with van der Waals surface area (Å²) in [6.45, 7) is 8.84. The van der Waals surface area contributed by atoms with Crippen LogP contribution in [0, 0.1) is 0 Å². The summed E-state index contributed by atoms with van der Waals surface area (Å²) in [6.07, 6.45) is 4.89. The van der Waals surface area contributed by atoms with Gasteiger partial charge in [-0.25, -0.2) is 4.98 Å². The van der Waals surface area contributed by atoms with Crippen molar-refractivity contribution in [2.45, 2.75) is 38.6 Å². The normalized spacial score (nSPS) is 20.7. The maximum absolute atomic E-state index is 4.82. The van der Waals surface area contributed by atoms with Crippen LogP contribution >= 0.6 is 0 Å². The SMILES string of the molecule is CC(C)(C)n1c(C2CCNC2)nc2cnccc21. The van der Waals surface area contributed by atoms with Crippen molar-refractivity contribution >= 4 is 11.0 Å². The van der Waals surface area contributed by atoms with Gasteiger partial charge in [0.25, 0.3) is 0 Å². The minimum Gasteiger partial charge on any atom is -0.322 e. The molecule has 18 heavy (non-hydrogen) atoms. The first-order chi connectivity index (χ1) is 8.57. The van der Waals surface area contributed by atoms with E-state index in [9.17, 15) is 0 Å². The summed E-state index contributed by atoms with van der Waals surface area (Å²) in [4.78, 5) is 9.01. The molecule has 1 aliphatic rings. The monoisotopic (exact) mass is 244 g/mol. The molecule has 0 aliphatic carbocycles. The summed E-state index contributed by atoms with van der Waals surface area (Å²) in [5.41, 5.74) is 2.25. The van der Waals surface area contributed by atoms with E-state index in [1.165, 1.54) is 17.8 Å². The largest absolute Gasteiger partial charge is 0.322 e. The zero-order valence-corrected chi connectivity index (χ0v) is 11.3. The van der Waals surface area contributed by atoms with Gasteiger partial charge in [0.2, 0.25) is 0 Å². The van der Waals surface area contributed by atoms with E-state index in [0.29, 0.717) is 5.92 Å². The number of nitrogens with zero attached hydrogens (tertiary/aromatic N) is 3. The Labute approximate surface area is 107 Å². The predicted octanol–water partition coefficient (Wildman–Crippen LogP) is 2.26. The number of pyridine rings is 1. The zero-order chi connectivity index (χ0) is 12.8. The van der Waals surface area contributed by atoms with E-state index < -0.39 is 0 Å². The number of imidazole rings is 1. The lowest BCUT2D eigenvalue weighted by molar-refractivity contribution is 0.385. The molecular formula is C14H20N4. The van der Waals surface area contributed by atoms with Crippen LogP contribution in [0.15, 0.2) is 18.5 Å². The lowest BCUT2D eigenvalue weighted by Crippen LogP contribution is -2.26. The van der Waals surface area contributed by atoms with Gasteiger partial charge in [-0.3, -0.25) is 4.98 Å². The number of fused-ring (bicyclic) bond motifs is 1. The van der Waals surface area contributed by atoms with E-state index in [2.05, 4.69) is 41.7 Å².